The lowest BCUT2D eigenvalue weighted by atomic mass is 10.0. The average molecular weight is 257 g/mol. The van der Waals surface area contributed by atoms with Crippen molar-refractivity contribution in [1.82, 2.24) is 9.88 Å². The van der Waals surface area contributed by atoms with Gasteiger partial charge in [-0.25, -0.2) is 9.78 Å². The second-order valence-corrected chi connectivity index (χ2v) is 4.87. The van der Waals surface area contributed by atoms with Gasteiger partial charge in [-0.2, -0.15) is 0 Å². The van der Waals surface area contributed by atoms with Crippen LogP contribution in [0, 0.1) is 0 Å². The molecule has 17 heavy (non-hydrogen) atoms. The molecule has 1 amide bonds. The van der Waals surface area contributed by atoms with Crippen molar-refractivity contribution < 1.29 is 14.7 Å². The number of carboxylic acids is 1. The molecule has 0 spiro atoms. The first-order valence-corrected chi connectivity index (χ1v) is 5.95. The number of thiazole rings is 1. The van der Waals surface area contributed by atoms with E-state index >= 15 is 0 Å². The summed E-state index contributed by atoms with van der Waals surface area (Å²) >= 11 is 1.15. The van der Waals surface area contributed by atoms with E-state index in [1.807, 2.05) is 0 Å². The zero-order valence-corrected chi connectivity index (χ0v) is 10.7. The number of hydrogen-bond donors (Lipinski definition) is 2. The smallest absolute Gasteiger partial charge is 0.329 e. The van der Waals surface area contributed by atoms with Crippen LogP contribution in [-0.4, -0.2) is 39.0 Å². The number of hydrogen-bond acceptors (Lipinski definition) is 5. The van der Waals surface area contributed by atoms with Gasteiger partial charge >= 0.3 is 5.97 Å². The van der Waals surface area contributed by atoms with Gasteiger partial charge in [0.15, 0.2) is 5.13 Å². The molecule has 0 bridgehead atoms. The number of nitrogens with zero attached hydrogens (tertiary/aromatic N) is 2. The SMILES string of the molecule is CCN(C(=O)c1csc(N)n1)C(C)(C)C(=O)O. The molecule has 0 saturated heterocycles. The Balaban J connectivity index is 3.04. The molecule has 0 aliphatic carbocycles. The maximum absolute atomic E-state index is 12.1. The molecule has 0 radical (unpaired) electrons. The van der Waals surface area contributed by atoms with Gasteiger partial charge < -0.3 is 15.7 Å². The minimum Gasteiger partial charge on any atom is -0.480 e. The Morgan fingerprint density at radius 2 is 2.18 bits per heavy atom. The van der Waals surface area contributed by atoms with E-state index in [9.17, 15) is 9.59 Å². The van der Waals surface area contributed by atoms with Crippen molar-refractivity contribution in [3.8, 4) is 0 Å². The molecule has 1 rings (SSSR count). The van der Waals surface area contributed by atoms with E-state index in [0.717, 1.165) is 11.3 Å². The molecular weight excluding hydrogens is 242 g/mol. The predicted molar refractivity (Wildman–Crippen MR) is 65.0 cm³/mol. The van der Waals surface area contributed by atoms with Gasteiger partial charge in [0.2, 0.25) is 0 Å². The van der Waals surface area contributed by atoms with E-state index in [0.29, 0.717) is 0 Å². The summed E-state index contributed by atoms with van der Waals surface area (Å²) < 4.78 is 0. The highest BCUT2D eigenvalue weighted by Crippen LogP contribution is 2.20. The van der Waals surface area contributed by atoms with E-state index in [-0.39, 0.29) is 17.4 Å². The van der Waals surface area contributed by atoms with E-state index in [1.54, 1.807) is 6.92 Å². The standard InChI is InChI=1S/C10H15N3O3S/c1-4-13(10(2,3)8(15)16)7(14)6-5-17-9(11)12-6/h5H,4H2,1-3H3,(H2,11,12)(H,15,16). The third-order valence-corrected chi connectivity index (χ3v) is 3.17. The maximum Gasteiger partial charge on any atom is 0.329 e. The number of likely N-dealkylation sites (N-methyl/N-ethyl adjacent to an activating group) is 1. The summed E-state index contributed by atoms with van der Waals surface area (Å²) in [5.74, 6) is -1.48. The number of aromatic nitrogens is 1. The highest BCUT2D eigenvalue weighted by Gasteiger charge is 2.37. The fraction of sp³-hybridized carbons (Fsp3) is 0.500. The first-order chi connectivity index (χ1) is 7.80. The third kappa shape index (κ3) is 2.55. The predicted octanol–water partition coefficient (Wildman–Crippen LogP) is 1.05. The largest absolute Gasteiger partial charge is 0.480 e. The lowest BCUT2D eigenvalue weighted by Crippen LogP contribution is -2.53. The second-order valence-electron chi connectivity index (χ2n) is 3.98. The van der Waals surface area contributed by atoms with Crippen LogP contribution < -0.4 is 5.73 Å². The van der Waals surface area contributed by atoms with Crippen LogP contribution in [0.3, 0.4) is 0 Å². The van der Waals surface area contributed by atoms with Crippen molar-refractivity contribution in [3.63, 3.8) is 0 Å². The minimum absolute atomic E-state index is 0.184. The van der Waals surface area contributed by atoms with Gasteiger partial charge in [0.1, 0.15) is 11.2 Å². The fourth-order valence-electron chi connectivity index (χ4n) is 1.43. The molecule has 0 aromatic carbocycles. The molecular formula is C10H15N3O3S. The molecule has 94 valence electrons. The van der Waals surface area contributed by atoms with Crippen molar-refractivity contribution in [1.29, 1.82) is 0 Å². The molecule has 1 aromatic heterocycles. The van der Waals surface area contributed by atoms with Crippen molar-refractivity contribution in [2.24, 2.45) is 0 Å². The Labute approximate surface area is 103 Å². The highest BCUT2D eigenvalue weighted by atomic mass is 32.1. The summed E-state index contributed by atoms with van der Waals surface area (Å²) in [5.41, 5.74) is 4.36. The average Bonchev–Trinajstić information content (AvgIpc) is 2.65. The number of anilines is 1. The zero-order valence-electron chi connectivity index (χ0n) is 9.93. The summed E-state index contributed by atoms with van der Waals surface area (Å²) in [4.78, 5) is 28.3. The molecule has 0 fully saturated rings. The van der Waals surface area contributed by atoms with E-state index < -0.39 is 17.4 Å². The molecule has 0 aliphatic heterocycles. The van der Waals surface area contributed by atoms with Crippen LogP contribution in [0.1, 0.15) is 31.3 Å². The summed E-state index contributed by atoms with van der Waals surface area (Å²) in [6.45, 7) is 4.97. The van der Waals surface area contributed by atoms with Gasteiger partial charge in [0.25, 0.3) is 5.91 Å². The van der Waals surface area contributed by atoms with Crippen LogP contribution in [0.4, 0.5) is 5.13 Å². The third-order valence-electron chi connectivity index (χ3n) is 2.50. The van der Waals surface area contributed by atoms with Gasteiger partial charge in [-0.1, -0.05) is 0 Å². The molecule has 0 aliphatic rings. The number of nitrogen functional groups attached to an aromatic ring is 1. The number of carboxylic acid groups (broad SMARTS) is 1. The van der Waals surface area contributed by atoms with Crippen LogP contribution in [0.25, 0.3) is 0 Å². The van der Waals surface area contributed by atoms with Crippen LogP contribution in [-0.2, 0) is 4.79 Å². The Bertz CT molecular complexity index is 442. The molecule has 7 heteroatoms. The van der Waals surface area contributed by atoms with E-state index in [2.05, 4.69) is 4.98 Å². The number of amides is 1. The van der Waals surface area contributed by atoms with Gasteiger partial charge in [-0.15, -0.1) is 11.3 Å². The number of carbonyl (C=O) groups is 2. The Kier molecular flexibility index (Phi) is 3.72. The van der Waals surface area contributed by atoms with Crippen LogP contribution >= 0.6 is 11.3 Å². The topological polar surface area (TPSA) is 96.5 Å². The maximum atomic E-state index is 12.1. The highest BCUT2D eigenvalue weighted by molar-refractivity contribution is 7.13. The quantitative estimate of drug-likeness (QED) is 0.840. The summed E-state index contributed by atoms with van der Waals surface area (Å²) in [6, 6.07) is 0. The van der Waals surface area contributed by atoms with Gasteiger partial charge in [0, 0.05) is 11.9 Å². The molecule has 0 atom stereocenters. The van der Waals surface area contributed by atoms with Crippen molar-refractivity contribution >= 4 is 28.3 Å². The number of nitrogens with two attached hydrogens (primary N) is 1. The fourth-order valence-corrected chi connectivity index (χ4v) is 1.97. The molecule has 1 aromatic rings. The van der Waals surface area contributed by atoms with Crippen molar-refractivity contribution in [3.05, 3.63) is 11.1 Å². The Morgan fingerprint density at radius 1 is 1.59 bits per heavy atom. The second kappa shape index (κ2) is 4.70. The van der Waals surface area contributed by atoms with Crippen LogP contribution in [0.2, 0.25) is 0 Å². The van der Waals surface area contributed by atoms with Crippen molar-refractivity contribution in [2.45, 2.75) is 26.3 Å². The van der Waals surface area contributed by atoms with Crippen LogP contribution in [0.5, 0.6) is 0 Å². The van der Waals surface area contributed by atoms with E-state index in [4.69, 9.17) is 10.8 Å². The summed E-state index contributed by atoms with van der Waals surface area (Å²) in [6.07, 6.45) is 0. The Hall–Kier alpha value is -1.63. The van der Waals surface area contributed by atoms with Crippen molar-refractivity contribution in [2.75, 3.05) is 12.3 Å². The van der Waals surface area contributed by atoms with E-state index in [1.165, 1.54) is 24.1 Å². The molecule has 0 saturated carbocycles. The number of aliphatic carboxylic acids is 1. The lowest BCUT2D eigenvalue weighted by molar-refractivity contribution is -0.147. The van der Waals surface area contributed by atoms with Gasteiger partial charge in [0.05, 0.1) is 0 Å². The number of carbonyl (C=O) groups excluding carboxylic acids is 1. The summed E-state index contributed by atoms with van der Waals surface area (Å²) in [7, 11) is 0. The monoisotopic (exact) mass is 257 g/mol. The lowest BCUT2D eigenvalue weighted by Gasteiger charge is -2.33. The zero-order chi connectivity index (χ0) is 13.2. The first-order valence-electron chi connectivity index (χ1n) is 5.07. The first kappa shape index (κ1) is 13.4. The van der Waals surface area contributed by atoms with Gasteiger partial charge in [-0.05, 0) is 20.8 Å². The van der Waals surface area contributed by atoms with Gasteiger partial charge in [-0.3, -0.25) is 4.79 Å². The molecule has 0 unspecified atom stereocenters. The molecule has 6 nitrogen and oxygen atoms in total. The van der Waals surface area contributed by atoms with Crippen LogP contribution in [0.15, 0.2) is 5.38 Å². The summed E-state index contributed by atoms with van der Waals surface area (Å²) in [5, 5.41) is 10.9. The minimum atomic E-state index is -1.27. The normalized spacial score (nSPS) is 11.2. The molecule has 1 heterocycles. The molecule has 3 N–H and O–H groups in total. The number of rotatable bonds is 4. The Morgan fingerprint density at radius 3 is 2.53 bits per heavy atom.